The number of benzene rings is 2. The van der Waals surface area contributed by atoms with E-state index in [-0.39, 0.29) is 23.5 Å². The Kier molecular flexibility index (Phi) is 2.59. The van der Waals surface area contributed by atoms with E-state index >= 15 is 0 Å². The molecule has 1 heterocycles. The predicted octanol–water partition coefficient (Wildman–Crippen LogP) is 2.22. The first-order valence-corrected chi connectivity index (χ1v) is 5.80. The van der Waals surface area contributed by atoms with Gasteiger partial charge >= 0.3 is 5.69 Å². The number of aromatic hydroxyl groups is 1. The number of aromatic amines is 1. The molecule has 0 unspecified atom stereocenters. The number of nitrogens with one attached hydrogen (secondary N) is 1. The highest BCUT2D eigenvalue weighted by molar-refractivity contribution is 5.75. The van der Waals surface area contributed by atoms with Gasteiger partial charge in [-0.25, -0.2) is 9.18 Å². The molecule has 5 heteroatoms. The molecule has 0 radical (unpaired) electrons. The smallest absolute Gasteiger partial charge is 0.326 e. The fourth-order valence-corrected chi connectivity index (χ4v) is 2.14. The predicted molar refractivity (Wildman–Crippen MR) is 69.7 cm³/mol. The van der Waals surface area contributed by atoms with Crippen LogP contribution in [0.4, 0.5) is 4.39 Å². The number of rotatable bonds is 2. The van der Waals surface area contributed by atoms with Crippen molar-refractivity contribution >= 4 is 11.0 Å². The van der Waals surface area contributed by atoms with Gasteiger partial charge in [0, 0.05) is 0 Å². The molecule has 0 saturated carbocycles. The molecular formula is C14H11FN2O2. The van der Waals surface area contributed by atoms with Gasteiger partial charge in [-0.3, -0.25) is 4.57 Å². The maximum absolute atomic E-state index is 13.6. The van der Waals surface area contributed by atoms with E-state index in [0.29, 0.717) is 5.52 Å². The highest BCUT2D eigenvalue weighted by Gasteiger charge is 2.10. The minimum absolute atomic E-state index is 0.136. The minimum atomic E-state index is -0.454. The first-order valence-electron chi connectivity index (χ1n) is 5.80. The third-order valence-electron chi connectivity index (χ3n) is 3.01. The third-order valence-corrected chi connectivity index (χ3v) is 3.01. The van der Waals surface area contributed by atoms with E-state index in [0.717, 1.165) is 5.56 Å². The quantitative estimate of drug-likeness (QED) is 0.740. The monoisotopic (exact) mass is 258 g/mol. The van der Waals surface area contributed by atoms with Crippen LogP contribution in [-0.4, -0.2) is 14.7 Å². The second-order valence-corrected chi connectivity index (χ2v) is 4.32. The van der Waals surface area contributed by atoms with Crippen LogP contribution in [0.1, 0.15) is 5.56 Å². The summed E-state index contributed by atoms with van der Waals surface area (Å²) in [5.41, 5.74) is 1.11. The van der Waals surface area contributed by atoms with E-state index in [1.807, 2.05) is 0 Å². The summed E-state index contributed by atoms with van der Waals surface area (Å²) in [4.78, 5) is 14.4. The van der Waals surface area contributed by atoms with Gasteiger partial charge in [-0.05, 0) is 29.8 Å². The third kappa shape index (κ3) is 1.99. The van der Waals surface area contributed by atoms with Crippen LogP contribution in [0, 0.1) is 5.82 Å². The van der Waals surface area contributed by atoms with Crippen LogP contribution < -0.4 is 5.69 Å². The van der Waals surface area contributed by atoms with Crippen LogP contribution in [0.15, 0.2) is 47.3 Å². The number of fused-ring (bicyclic) bond motifs is 1. The zero-order valence-corrected chi connectivity index (χ0v) is 9.93. The fourth-order valence-electron chi connectivity index (χ4n) is 2.14. The van der Waals surface area contributed by atoms with Crippen LogP contribution in [-0.2, 0) is 6.54 Å². The maximum Gasteiger partial charge on any atom is 0.326 e. The van der Waals surface area contributed by atoms with Gasteiger partial charge in [0.1, 0.15) is 17.1 Å². The van der Waals surface area contributed by atoms with Gasteiger partial charge < -0.3 is 10.1 Å². The standard InChI is InChI=1S/C14H11FN2O2/c15-11-5-2-6-12-13(11)16-14(19)17(12)8-9-3-1-4-10(18)7-9/h1-7,18H,8H2,(H,16,19). The largest absolute Gasteiger partial charge is 0.508 e. The summed E-state index contributed by atoms with van der Waals surface area (Å²) < 4.78 is 15.0. The SMILES string of the molecule is O=c1[nH]c2c(F)cccc2n1Cc1cccc(O)c1. The molecule has 1 aromatic heterocycles. The molecule has 4 nitrogen and oxygen atoms in total. The number of phenolic OH excluding ortho intramolecular Hbond substituents is 1. The lowest BCUT2D eigenvalue weighted by Crippen LogP contribution is -2.17. The van der Waals surface area contributed by atoms with Crippen molar-refractivity contribution < 1.29 is 9.50 Å². The Hall–Kier alpha value is -2.56. The van der Waals surface area contributed by atoms with Gasteiger partial charge in [-0.1, -0.05) is 18.2 Å². The van der Waals surface area contributed by atoms with Gasteiger partial charge in [0.25, 0.3) is 0 Å². The van der Waals surface area contributed by atoms with Gasteiger partial charge in [-0.15, -0.1) is 0 Å². The normalized spacial score (nSPS) is 11.0. The average molecular weight is 258 g/mol. The number of H-pyrrole nitrogens is 1. The number of halogens is 1. The van der Waals surface area contributed by atoms with Crippen LogP contribution >= 0.6 is 0 Å². The zero-order valence-electron chi connectivity index (χ0n) is 9.93. The summed E-state index contributed by atoms with van der Waals surface area (Å²) in [6.45, 7) is 0.274. The van der Waals surface area contributed by atoms with Crippen LogP contribution in [0.2, 0.25) is 0 Å². The molecule has 0 aliphatic rings. The second kappa shape index (κ2) is 4.28. The number of para-hydroxylation sites is 1. The molecule has 0 aliphatic heterocycles. The summed E-state index contributed by atoms with van der Waals surface area (Å²) >= 11 is 0. The number of hydrogen-bond acceptors (Lipinski definition) is 2. The van der Waals surface area contributed by atoms with E-state index in [2.05, 4.69) is 4.98 Å². The van der Waals surface area contributed by atoms with E-state index in [9.17, 15) is 14.3 Å². The molecule has 0 spiro atoms. The van der Waals surface area contributed by atoms with Crippen molar-refractivity contribution in [3.05, 3.63) is 64.3 Å². The summed E-state index contributed by atoms with van der Waals surface area (Å²) in [7, 11) is 0. The molecule has 3 rings (SSSR count). The van der Waals surface area contributed by atoms with Crippen molar-refractivity contribution in [3.63, 3.8) is 0 Å². The average Bonchev–Trinajstić information content (AvgIpc) is 2.69. The molecule has 0 amide bonds. The van der Waals surface area contributed by atoms with Crippen molar-refractivity contribution in [1.82, 2.24) is 9.55 Å². The summed E-state index contributed by atoms with van der Waals surface area (Å²) in [5.74, 6) is -0.319. The van der Waals surface area contributed by atoms with Crippen molar-refractivity contribution in [3.8, 4) is 5.75 Å². The molecular weight excluding hydrogens is 247 g/mol. The van der Waals surface area contributed by atoms with E-state index in [1.54, 1.807) is 36.4 Å². The molecule has 3 aromatic rings. The Labute approximate surface area is 107 Å². The minimum Gasteiger partial charge on any atom is -0.508 e. The Morgan fingerprint density at radius 3 is 2.79 bits per heavy atom. The summed E-state index contributed by atoms with van der Waals surface area (Å²) in [5, 5.41) is 9.41. The summed E-state index contributed by atoms with van der Waals surface area (Å²) in [6.07, 6.45) is 0. The van der Waals surface area contributed by atoms with E-state index < -0.39 is 5.82 Å². The number of nitrogens with zero attached hydrogens (tertiary/aromatic N) is 1. The number of phenols is 1. The second-order valence-electron chi connectivity index (χ2n) is 4.32. The molecule has 19 heavy (non-hydrogen) atoms. The molecule has 0 bridgehead atoms. The van der Waals surface area contributed by atoms with E-state index in [4.69, 9.17) is 0 Å². The topological polar surface area (TPSA) is 58.0 Å². The van der Waals surface area contributed by atoms with Crippen molar-refractivity contribution in [2.75, 3.05) is 0 Å². The lowest BCUT2D eigenvalue weighted by molar-refractivity contribution is 0.474. The van der Waals surface area contributed by atoms with Crippen molar-refractivity contribution in [1.29, 1.82) is 0 Å². The molecule has 2 aromatic carbocycles. The molecule has 96 valence electrons. The molecule has 0 fully saturated rings. The van der Waals surface area contributed by atoms with Gasteiger partial charge in [0.15, 0.2) is 0 Å². The van der Waals surface area contributed by atoms with Crippen LogP contribution in [0.3, 0.4) is 0 Å². The number of aromatic nitrogens is 2. The van der Waals surface area contributed by atoms with Gasteiger partial charge in [0.05, 0.1) is 12.1 Å². The van der Waals surface area contributed by atoms with Crippen molar-refractivity contribution in [2.24, 2.45) is 0 Å². The lowest BCUT2D eigenvalue weighted by atomic mass is 10.2. The molecule has 2 N–H and O–H groups in total. The Morgan fingerprint density at radius 1 is 1.21 bits per heavy atom. The maximum atomic E-state index is 13.6. The number of hydrogen-bond donors (Lipinski definition) is 2. The molecule has 0 aliphatic carbocycles. The summed E-state index contributed by atoms with van der Waals surface area (Å²) in [6, 6.07) is 11.2. The Morgan fingerprint density at radius 2 is 2.00 bits per heavy atom. The van der Waals surface area contributed by atoms with Crippen molar-refractivity contribution in [2.45, 2.75) is 6.54 Å². The van der Waals surface area contributed by atoms with Gasteiger partial charge in [0.2, 0.25) is 0 Å². The first-order chi connectivity index (χ1) is 9.15. The number of imidazole rings is 1. The first kappa shape index (κ1) is 11.5. The van der Waals surface area contributed by atoms with Crippen LogP contribution in [0.5, 0.6) is 5.75 Å². The highest BCUT2D eigenvalue weighted by atomic mass is 19.1. The molecule has 0 saturated heterocycles. The highest BCUT2D eigenvalue weighted by Crippen LogP contribution is 2.16. The Balaban J connectivity index is 2.13. The Bertz CT molecular complexity index is 805. The zero-order chi connectivity index (χ0) is 13.4. The van der Waals surface area contributed by atoms with Crippen LogP contribution in [0.25, 0.3) is 11.0 Å². The van der Waals surface area contributed by atoms with E-state index in [1.165, 1.54) is 10.6 Å². The lowest BCUT2D eigenvalue weighted by Gasteiger charge is -2.04. The van der Waals surface area contributed by atoms with Gasteiger partial charge in [-0.2, -0.15) is 0 Å². The molecule has 0 atom stereocenters. The fraction of sp³-hybridized carbons (Fsp3) is 0.0714.